The maximum atomic E-state index is 12.5. The highest BCUT2D eigenvalue weighted by atomic mass is 19.4. The second-order valence-electron chi connectivity index (χ2n) is 8.62. The standard InChI is InChI=1S/C21H28N2O3.C2HF3O2/c24-20(12-17-6-2-1-3-7-17)23-15-21(16-23)13-19(9-11-26-21)25-14-18-8-4-5-10-22-18;3-2(4,5)1(6)7/h4-6,8,10,19H,1-3,7,9,11-16H2;(H,6,7). The number of carbonyl (C=O) groups is 2. The van der Waals surface area contributed by atoms with Gasteiger partial charge in [-0.05, 0) is 44.2 Å². The topological polar surface area (TPSA) is 89.0 Å². The summed E-state index contributed by atoms with van der Waals surface area (Å²) in [6, 6.07) is 5.88. The molecule has 1 aliphatic carbocycles. The van der Waals surface area contributed by atoms with Gasteiger partial charge in [-0.2, -0.15) is 13.2 Å². The van der Waals surface area contributed by atoms with Crippen LogP contribution in [0.1, 0.15) is 50.6 Å². The average Bonchev–Trinajstić information content (AvgIpc) is 2.77. The SMILES string of the molecule is O=C(CC1=CCCCC1)N1CC2(CC(OCc3ccccn3)CCO2)C1.O=C(O)C(F)(F)F. The highest BCUT2D eigenvalue weighted by Gasteiger charge is 2.49. The Hall–Kier alpha value is -2.46. The van der Waals surface area contributed by atoms with E-state index in [1.54, 1.807) is 6.20 Å². The third-order valence-corrected chi connectivity index (χ3v) is 5.96. The van der Waals surface area contributed by atoms with E-state index in [9.17, 15) is 18.0 Å². The number of rotatable bonds is 5. The van der Waals surface area contributed by atoms with Crippen molar-refractivity contribution in [1.82, 2.24) is 9.88 Å². The zero-order valence-electron chi connectivity index (χ0n) is 18.4. The highest BCUT2D eigenvalue weighted by Crippen LogP contribution is 2.36. The molecule has 2 saturated heterocycles. The molecule has 182 valence electrons. The number of pyridine rings is 1. The van der Waals surface area contributed by atoms with Gasteiger partial charge in [0.25, 0.3) is 0 Å². The van der Waals surface area contributed by atoms with E-state index in [1.165, 1.54) is 18.4 Å². The molecule has 0 radical (unpaired) electrons. The summed E-state index contributed by atoms with van der Waals surface area (Å²) in [6.07, 6.45) is 6.23. The summed E-state index contributed by atoms with van der Waals surface area (Å²) in [5.74, 6) is -2.50. The summed E-state index contributed by atoms with van der Waals surface area (Å²) in [6.45, 7) is 2.67. The maximum absolute atomic E-state index is 12.5. The Morgan fingerprint density at radius 1 is 1.27 bits per heavy atom. The minimum absolute atomic E-state index is 0.184. The van der Waals surface area contributed by atoms with Crippen molar-refractivity contribution in [2.45, 2.75) is 69.4 Å². The van der Waals surface area contributed by atoms with Crippen LogP contribution in [0.2, 0.25) is 0 Å². The summed E-state index contributed by atoms with van der Waals surface area (Å²) < 4.78 is 43.8. The van der Waals surface area contributed by atoms with E-state index in [-0.39, 0.29) is 17.6 Å². The van der Waals surface area contributed by atoms with E-state index in [1.807, 2.05) is 23.1 Å². The number of nitrogens with zero attached hydrogens (tertiary/aromatic N) is 2. The number of hydrogen-bond donors (Lipinski definition) is 1. The molecule has 2 aliphatic heterocycles. The Morgan fingerprint density at radius 3 is 2.64 bits per heavy atom. The van der Waals surface area contributed by atoms with Gasteiger partial charge in [0.2, 0.25) is 5.91 Å². The lowest BCUT2D eigenvalue weighted by Crippen LogP contribution is -2.67. The van der Waals surface area contributed by atoms with Gasteiger partial charge in [-0.15, -0.1) is 0 Å². The molecule has 33 heavy (non-hydrogen) atoms. The first kappa shape index (κ1) is 25.2. The third-order valence-electron chi connectivity index (χ3n) is 5.96. The molecule has 1 spiro atoms. The van der Waals surface area contributed by atoms with E-state index in [0.717, 1.165) is 31.4 Å². The predicted octanol–water partition coefficient (Wildman–Crippen LogP) is 3.88. The average molecular weight is 470 g/mol. The van der Waals surface area contributed by atoms with Crippen molar-refractivity contribution in [3.63, 3.8) is 0 Å². The van der Waals surface area contributed by atoms with Crippen LogP contribution in [-0.4, -0.2) is 64.4 Å². The van der Waals surface area contributed by atoms with E-state index in [4.69, 9.17) is 19.4 Å². The van der Waals surface area contributed by atoms with Gasteiger partial charge >= 0.3 is 12.1 Å². The minimum atomic E-state index is -5.08. The molecule has 1 N–H and O–H groups in total. The fourth-order valence-electron chi connectivity index (χ4n) is 4.23. The summed E-state index contributed by atoms with van der Waals surface area (Å²) >= 11 is 0. The Morgan fingerprint density at radius 2 is 2.03 bits per heavy atom. The predicted molar refractivity (Wildman–Crippen MR) is 112 cm³/mol. The van der Waals surface area contributed by atoms with Gasteiger partial charge in [-0.25, -0.2) is 4.79 Å². The molecule has 0 bridgehead atoms. The number of amides is 1. The van der Waals surface area contributed by atoms with E-state index in [2.05, 4.69) is 11.1 Å². The van der Waals surface area contributed by atoms with E-state index in [0.29, 0.717) is 32.7 Å². The molecule has 7 nitrogen and oxygen atoms in total. The lowest BCUT2D eigenvalue weighted by molar-refractivity contribution is -0.202. The van der Waals surface area contributed by atoms with Gasteiger partial charge in [0.15, 0.2) is 0 Å². The second-order valence-corrected chi connectivity index (χ2v) is 8.62. The summed E-state index contributed by atoms with van der Waals surface area (Å²) in [7, 11) is 0. The van der Waals surface area contributed by atoms with Crippen LogP contribution < -0.4 is 0 Å². The van der Waals surface area contributed by atoms with Gasteiger partial charge in [0, 0.05) is 25.6 Å². The summed E-state index contributed by atoms with van der Waals surface area (Å²) in [5.41, 5.74) is 2.09. The van der Waals surface area contributed by atoms with Gasteiger partial charge in [0.1, 0.15) is 5.60 Å². The first-order valence-electron chi connectivity index (χ1n) is 11.1. The number of carboxylic acids is 1. The van der Waals surface area contributed by atoms with Crippen LogP contribution in [-0.2, 0) is 25.7 Å². The van der Waals surface area contributed by atoms with Crippen LogP contribution in [0.5, 0.6) is 0 Å². The Balaban J connectivity index is 0.000000383. The van der Waals surface area contributed by atoms with Crippen LogP contribution in [0, 0.1) is 0 Å². The third kappa shape index (κ3) is 7.53. The quantitative estimate of drug-likeness (QED) is 0.657. The largest absolute Gasteiger partial charge is 0.490 e. The first-order chi connectivity index (χ1) is 15.7. The van der Waals surface area contributed by atoms with Gasteiger partial charge in [0.05, 0.1) is 31.5 Å². The number of aliphatic carboxylic acids is 1. The molecule has 1 aromatic rings. The zero-order valence-corrected chi connectivity index (χ0v) is 18.4. The van der Waals surface area contributed by atoms with E-state index < -0.39 is 12.1 Å². The number of carbonyl (C=O) groups excluding carboxylic acids is 1. The molecule has 10 heteroatoms. The Labute approximate surface area is 190 Å². The Kier molecular flexibility index (Phi) is 8.47. The normalized spacial score (nSPS) is 22.0. The van der Waals surface area contributed by atoms with Gasteiger partial charge < -0.3 is 19.5 Å². The molecule has 1 atom stereocenters. The van der Waals surface area contributed by atoms with Crippen molar-refractivity contribution < 1.29 is 37.3 Å². The van der Waals surface area contributed by atoms with E-state index >= 15 is 0 Å². The molecule has 1 unspecified atom stereocenters. The van der Waals surface area contributed by atoms with Crippen molar-refractivity contribution in [2.24, 2.45) is 0 Å². The minimum Gasteiger partial charge on any atom is -0.475 e. The number of allylic oxidation sites excluding steroid dienone is 1. The van der Waals surface area contributed by atoms with Gasteiger partial charge in [-0.3, -0.25) is 9.78 Å². The molecular weight excluding hydrogens is 441 g/mol. The smallest absolute Gasteiger partial charge is 0.475 e. The van der Waals surface area contributed by atoms with Crippen LogP contribution in [0.4, 0.5) is 13.2 Å². The van der Waals surface area contributed by atoms with Crippen molar-refractivity contribution in [2.75, 3.05) is 19.7 Å². The number of carboxylic acid groups (broad SMARTS) is 1. The zero-order chi connectivity index (χ0) is 23.9. The number of aromatic nitrogens is 1. The molecule has 3 aliphatic rings. The van der Waals surface area contributed by atoms with Gasteiger partial charge in [-0.1, -0.05) is 17.7 Å². The lowest BCUT2D eigenvalue weighted by Gasteiger charge is -2.53. The van der Waals surface area contributed by atoms with Crippen molar-refractivity contribution in [1.29, 1.82) is 0 Å². The Bertz CT molecular complexity index is 838. The van der Waals surface area contributed by atoms with Crippen LogP contribution >= 0.6 is 0 Å². The molecule has 4 rings (SSSR count). The number of hydrogen-bond acceptors (Lipinski definition) is 5. The highest BCUT2D eigenvalue weighted by molar-refractivity contribution is 5.80. The fourth-order valence-corrected chi connectivity index (χ4v) is 4.23. The number of likely N-dealkylation sites (tertiary alicyclic amines) is 1. The van der Waals surface area contributed by atoms with Crippen molar-refractivity contribution >= 4 is 11.9 Å². The van der Waals surface area contributed by atoms with Crippen molar-refractivity contribution in [3.05, 3.63) is 41.7 Å². The lowest BCUT2D eigenvalue weighted by atomic mass is 9.84. The monoisotopic (exact) mass is 470 g/mol. The summed E-state index contributed by atoms with van der Waals surface area (Å²) in [4.78, 5) is 27.7. The van der Waals surface area contributed by atoms with Crippen LogP contribution in [0.25, 0.3) is 0 Å². The molecule has 1 aromatic heterocycles. The molecule has 1 amide bonds. The molecule has 2 fully saturated rings. The number of halogens is 3. The molecule has 0 aromatic carbocycles. The van der Waals surface area contributed by atoms with Crippen molar-refractivity contribution in [3.8, 4) is 0 Å². The molecule has 3 heterocycles. The first-order valence-corrected chi connectivity index (χ1v) is 11.1. The molecule has 0 saturated carbocycles. The second kappa shape index (κ2) is 11.1. The fraction of sp³-hybridized carbons (Fsp3) is 0.609. The molecular formula is C23H29F3N2O5. The number of alkyl halides is 3. The summed E-state index contributed by atoms with van der Waals surface area (Å²) in [5, 5.41) is 7.12. The van der Waals surface area contributed by atoms with Crippen LogP contribution in [0.15, 0.2) is 36.0 Å². The maximum Gasteiger partial charge on any atom is 0.490 e. The number of ether oxygens (including phenoxy) is 2. The van der Waals surface area contributed by atoms with Crippen LogP contribution in [0.3, 0.4) is 0 Å².